The first-order valence-electron chi connectivity index (χ1n) is 5.88. The van der Waals surface area contributed by atoms with Crippen LogP contribution in [0.5, 0.6) is 0 Å². The maximum Gasteiger partial charge on any atom is 0.324 e. The number of hydrogen-bond acceptors (Lipinski definition) is 2. The van der Waals surface area contributed by atoms with E-state index in [-0.39, 0.29) is 0 Å². The molecule has 0 aliphatic rings. The molecule has 3 rings (SSSR count). The Morgan fingerprint density at radius 2 is 1.58 bits per heavy atom. The first kappa shape index (κ1) is 11.8. The van der Waals surface area contributed by atoms with E-state index in [2.05, 4.69) is 0 Å². The third-order valence-electron chi connectivity index (χ3n) is 3.02. The number of carbonyl (C=O) groups is 1. The van der Waals surface area contributed by atoms with Crippen LogP contribution in [-0.4, -0.2) is 14.6 Å². The van der Waals surface area contributed by atoms with E-state index in [1.807, 2.05) is 59.5 Å². The van der Waals surface area contributed by atoms with E-state index in [9.17, 15) is 4.79 Å². The number of primary amides is 1. The zero-order chi connectivity index (χ0) is 13.4. The van der Waals surface area contributed by atoms with Gasteiger partial charge in [-0.05, 0) is 24.3 Å². The summed E-state index contributed by atoms with van der Waals surface area (Å²) >= 11 is 1.58. The fourth-order valence-corrected chi connectivity index (χ4v) is 3.14. The summed E-state index contributed by atoms with van der Waals surface area (Å²) in [4.78, 5) is 11.9. The maximum atomic E-state index is 11.9. The monoisotopic (exact) mass is 271 g/mol. The van der Waals surface area contributed by atoms with Crippen LogP contribution in [0.15, 0.2) is 48.5 Å². The molecule has 1 amide bonds. The lowest BCUT2D eigenvalue weighted by molar-refractivity contribution is 0.252. The first-order chi connectivity index (χ1) is 9.18. The van der Waals surface area contributed by atoms with Crippen LogP contribution in [0, 0.1) is 0 Å². The highest BCUT2D eigenvalue weighted by atomic mass is 32.1. The molecule has 0 unspecified atom stereocenters. The molecule has 0 fully saturated rings. The average Bonchev–Trinajstić information content (AvgIpc) is 2.53. The molecule has 1 aromatic heterocycles. The number of fused-ring (bicyclic) bond motifs is 2. The number of nitrogens with zero attached hydrogens (tertiary/aromatic N) is 2. The zero-order valence-corrected chi connectivity index (χ0v) is 11.2. The van der Waals surface area contributed by atoms with Gasteiger partial charge in [0, 0.05) is 7.05 Å². The number of para-hydroxylation sites is 3. The molecular weight excluding hydrogens is 258 g/mol. The summed E-state index contributed by atoms with van der Waals surface area (Å²) in [5, 5.41) is 0. The molecule has 0 bridgehead atoms. The van der Waals surface area contributed by atoms with Crippen molar-refractivity contribution in [3.05, 3.63) is 48.5 Å². The molecule has 0 saturated heterocycles. The highest BCUT2D eigenvalue weighted by Gasteiger charge is 2.08. The molecule has 2 N–H and O–H groups in total. The van der Waals surface area contributed by atoms with Crippen LogP contribution >= 0.6 is 11.5 Å². The van der Waals surface area contributed by atoms with Crippen LogP contribution in [0.1, 0.15) is 0 Å². The van der Waals surface area contributed by atoms with Crippen LogP contribution in [0.2, 0.25) is 0 Å². The second-order valence-electron chi connectivity index (χ2n) is 4.22. The molecule has 96 valence electrons. The van der Waals surface area contributed by atoms with Crippen LogP contribution in [0.3, 0.4) is 0 Å². The van der Waals surface area contributed by atoms with Gasteiger partial charge in [0.05, 0.1) is 21.3 Å². The van der Waals surface area contributed by atoms with E-state index in [1.54, 1.807) is 16.1 Å². The number of nitrogens with two attached hydrogens (primary N) is 1. The van der Waals surface area contributed by atoms with Gasteiger partial charge in [-0.25, -0.2) is 4.79 Å². The Balaban J connectivity index is 2.70. The largest absolute Gasteiger partial charge is 0.351 e. The minimum absolute atomic E-state index is 0.476. The van der Waals surface area contributed by atoms with Crippen molar-refractivity contribution in [1.29, 1.82) is 0 Å². The predicted molar refractivity (Wildman–Crippen MR) is 78.9 cm³/mol. The van der Waals surface area contributed by atoms with Gasteiger partial charge in [0.25, 0.3) is 0 Å². The molecular formula is C14H13N3OS. The number of benzene rings is 2. The highest BCUT2D eigenvalue weighted by Crippen LogP contribution is 2.23. The van der Waals surface area contributed by atoms with Gasteiger partial charge < -0.3 is 5.73 Å². The van der Waals surface area contributed by atoms with E-state index in [0.717, 1.165) is 21.3 Å². The average molecular weight is 271 g/mol. The zero-order valence-electron chi connectivity index (χ0n) is 10.4. The number of aromatic nitrogens is 2. The van der Waals surface area contributed by atoms with Crippen molar-refractivity contribution >= 4 is 38.8 Å². The Morgan fingerprint density at radius 1 is 1.00 bits per heavy atom. The SMILES string of the molecule is Cn1sc2ccccc2n(C(N)=O)c2ccccc21. The Kier molecular flexibility index (Phi) is 2.76. The lowest BCUT2D eigenvalue weighted by Crippen LogP contribution is -2.20. The Morgan fingerprint density at radius 3 is 2.26 bits per heavy atom. The Bertz CT molecular complexity index is 824. The molecule has 5 heteroatoms. The smallest absolute Gasteiger partial charge is 0.324 e. The van der Waals surface area contributed by atoms with Crippen LogP contribution in [0.25, 0.3) is 21.3 Å². The van der Waals surface area contributed by atoms with Gasteiger partial charge in [-0.15, -0.1) is 0 Å². The fourth-order valence-electron chi connectivity index (χ4n) is 2.20. The third kappa shape index (κ3) is 1.88. The van der Waals surface area contributed by atoms with Crippen LogP contribution in [0.4, 0.5) is 4.79 Å². The molecule has 0 aliphatic heterocycles. The van der Waals surface area contributed by atoms with E-state index < -0.39 is 6.03 Å². The molecule has 3 aromatic rings. The van der Waals surface area contributed by atoms with Gasteiger partial charge in [-0.3, -0.25) is 8.52 Å². The van der Waals surface area contributed by atoms with Crippen LogP contribution < -0.4 is 5.73 Å². The summed E-state index contributed by atoms with van der Waals surface area (Å²) in [6, 6.07) is 15.0. The van der Waals surface area contributed by atoms with Crippen molar-refractivity contribution < 1.29 is 4.79 Å². The fraction of sp³-hybridized carbons (Fsp3) is 0.0714. The van der Waals surface area contributed by atoms with Gasteiger partial charge in [0.15, 0.2) is 0 Å². The minimum Gasteiger partial charge on any atom is -0.351 e. The Hall–Kier alpha value is -2.27. The first-order valence-corrected chi connectivity index (χ1v) is 6.65. The van der Waals surface area contributed by atoms with Gasteiger partial charge >= 0.3 is 6.03 Å². The van der Waals surface area contributed by atoms with Crippen LogP contribution in [-0.2, 0) is 7.05 Å². The van der Waals surface area contributed by atoms with Crippen molar-refractivity contribution in [2.24, 2.45) is 12.8 Å². The lowest BCUT2D eigenvalue weighted by Gasteiger charge is -2.05. The number of carbonyl (C=O) groups excluding carboxylic acids is 1. The molecule has 0 atom stereocenters. The molecule has 0 saturated carbocycles. The maximum absolute atomic E-state index is 11.9. The van der Waals surface area contributed by atoms with Crippen molar-refractivity contribution in [3.8, 4) is 0 Å². The van der Waals surface area contributed by atoms with Gasteiger partial charge in [0.1, 0.15) is 0 Å². The molecule has 0 radical (unpaired) electrons. The molecule has 19 heavy (non-hydrogen) atoms. The summed E-state index contributed by atoms with van der Waals surface area (Å²) in [6.07, 6.45) is 0. The summed E-state index contributed by atoms with van der Waals surface area (Å²) in [5.74, 6) is 0. The van der Waals surface area contributed by atoms with Gasteiger partial charge in [-0.1, -0.05) is 35.8 Å². The minimum atomic E-state index is -0.476. The van der Waals surface area contributed by atoms with E-state index >= 15 is 0 Å². The summed E-state index contributed by atoms with van der Waals surface area (Å²) in [6.45, 7) is 0. The number of amides is 1. The molecule has 4 nitrogen and oxygen atoms in total. The molecule has 0 aliphatic carbocycles. The Labute approximate surface area is 114 Å². The molecule has 2 aromatic carbocycles. The summed E-state index contributed by atoms with van der Waals surface area (Å²) in [5.41, 5.74) is 8.15. The van der Waals surface area contributed by atoms with E-state index in [1.165, 1.54) is 0 Å². The van der Waals surface area contributed by atoms with Gasteiger partial charge in [-0.2, -0.15) is 0 Å². The topological polar surface area (TPSA) is 52.9 Å². The van der Waals surface area contributed by atoms with Crippen molar-refractivity contribution in [1.82, 2.24) is 8.52 Å². The normalized spacial score (nSPS) is 10.8. The van der Waals surface area contributed by atoms with Crippen molar-refractivity contribution in [2.75, 3.05) is 0 Å². The summed E-state index contributed by atoms with van der Waals surface area (Å²) in [7, 11) is 1.98. The van der Waals surface area contributed by atoms with E-state index in [0.29, 0.717) is 0 Å². The van der Waals surface area contributed by atoms with E-state index in [4.69, 9.17) is 5.73 Å². The van der Waals surface area contributed by atoms with Crippen molar-refractivity contribution in [3.63, 3.8) is 0 Å². The second-order valence-corrected chi connectivity index (χ2v) is 5.39. The van der Waals surface area contributed by atoms with Gasteiger partial charge in [0.2, 0.25) is 0 Å². The van der Waals surface area contributed by atoms with Crippen molar-refractivity contribution in [2.45, 2.75) is 0 Å². The number of rotatable bonds is 0. The molecule has 1 heterocycles. The second kappa shape index (κ2) is 4.44. The molecule has 0 spiro atoms. The number of aryl methyl sites for hydroxylation is 1. The summed E-state index contributed by atoms with van der Waals surface area (Å²) < 4.78 is 4.60. The third-order valence-corrected chi connectivity index (χ3v) is 4.04. The highest BCUT2D eigenvalue weighted by molar-refractivity contribution is 7.13. The number of hydrogen-bond donors (Lipinski definition) is 1. The quantitative estimate of drug-likeness (QED) is 0.670. The standard InChI is InChI=1S/C14H13N3OS/c1-16-10-6-2-3-7-11(10)17(14(15)18)12-8-4-5-9-13(12)19-16/h2-9H,1H3,(H2,15,18). The lowest BCUT2D eigenvalue weighted by atomic mass is 10.3. The predicted octanol–water partition coefficient (Wildman–Crippen LogP) is 3.25.